The number of aromatic nitrogens is 20. The number of aromatic carboxylic acids is 1. The van der Waals surface area contributed by atoms with Gasteiger partial charge in [-0.1, -0.05) is 63.4 Å². The van der Waals surface area contributed by atoms with Crippen LogP contribution in [0.5, 0.6) is 0 Å². The number of nitrogens with two attached hydrogens (primary N) is 1. The van der Waals surface area contributed by atoms with Gasteiger partial charge in [-0.05, 0) is 89.8 Å². The number of hydrogen-bond acceptors (Lipinski definition) is 22. The maximum atomic E-state index is 14.3. The van der Waals surface area contributed by atoms with Crippen LogP contribution in [0.1, 0.15) is 82.0 Å². The molecule has 0 fully saturated rings. The van der Waals surface area contributed by atoms with Gasteiger partial charge in [-0.15, -0.1) is 0 Å². The third kappa shape index (κ3) is 21.0. The summed E-state index contributed by atoms with van der Waals surface area (Å²) in [6.45, 7) is 3.93. The summed E-state index contributed by atoms with van der Waals surface area (Å²) >= 11 is 14.9. The van der Waals surface area contributed by atoms with Gasteiger partial charge < -0.3 is 45.4 Å². The molecule has 1 amide bonds. The molecule has 546 valence electrons. The monoisotopic (exact) mass is 1560 g/mol. The van der Waals surface area contributed by atoms with Gasteiger partial charge in [0.25, 0.3) is 5.91 Å². The van der Waals surface area contributed by atoms with Crippen LogP contribution in [0.2, 0.25) is 10.0 Å². The van der Waals surface area contributed by atoms with Crippen molar-refractivity contribution in [2.45, 2.75) is 45.0 Å². The summed E-state index contributed by atoms with van der Waals surface area (Å²) in [5, 5.41) is 31.0. The Kier molecular flexibility index (Phi) is 29.5. The van der Waals surface area contributed by atoms with E-state index >= 15 is 0 Å². The minimum Gasteiger partial charge on any atom is -0.870 e. The molecule has 0 aliphatic heterocycles. The van der Waals surface area contributed by atoms with Crippen LogP contribution in [0.15, 0.2) is 209 Å². The van der Waals surface area contributed by atoms with E-state index in [1.54, 1.807) is 99.7 Å². The van der Waals surface area contributed by atoms with Crippen molar-refractivity contribution in [2.75, 3.05) is 13.7 Å². The number of nitrogens with zero attached hydrogens (tertiary/aromatic N) is 19. The molecule has 0 bridgehead atoms. The number of carbonyl (C=O) groups excluding carboxylic acids is 3. The largest absolute Gasteiger partial charge is 1.00 e. The Morgan fingerprint density at radius 3 is 1.35 bits per heavy atom. The van der Waals surface area contributed by atoms with Crippen molar-refractivity contribution in [1.29, 1.82) is 0 Å². The average Bonchev–Trinajstić information content (AvgIpc) is 1.65. The van der Waals surface area contributed by atoms with E-state index in [4.69, 9.17) is 38.8 Å². The second kappa shape index (κ2) is 39.2. The number of fused-ring (bicyclic) bond motifs is 6. The van der Waals surface area contributed by atoms with Crippen molar-refractivity contribution in [3.8, 4) is 0 Å². The molecule has 12 aromatic heterocycles. The Bertz CT molecular complexity index is 5720. The number of hydrogen-bond donors (Lipinski definition) is 4. The summed E-state index contributed by atoms with van der Waals surface area (Å²) < 4.78 is 45.1. The van der Waals surface area contributed by atoms with Crippen LogP contribution >= 0.6 is 39.1 Å². The number of carboxylic acids is 1. The number of benzene rings is 4. The number of methoxy groups -OCH3 is 1. The molecule has 0 saturated heterocycles. The fraction of sp³-hybridized carbons (Fsp3) is 0.127. The molecule has 0 aliphatic carbocycles. The van der Waals surface area contributed by atoms with Crippen LogP contribution in [-0.4, -0.2) is 152 Å². The topological polar surface area (TPSA) is 426 Å². The van der Waals surface area contributed by atoms with Crippen molar-refractivity contribution in [2.24, 2.45) is 5.73 Å². The molecule has 16 rings (SSSR count). The van der Waals surface area contributed by atoms with Crippen molar-refractivity contribution >= 4 is 118 Å². The number of halogens is 5. The number of ether oxygens (including phenoxy) is 2. The first kappa shape index (κ1) is 81.4. The Labute approximate surface area is 641 Å². The molecule has 0 unspecified atom stereocenters. The Balaban J connectivity index is 0.000000170. The molecule has 31 nitrogen and oxygen atoms in total. The maximum Gasteiger partial charge on any atom is 1.00 e. The number of pyridine rings is 2. The van der Waals surface area contributed by atoms with Gasteiger partial charge in [0.1, 0.15) is 11.0 Å². The van der Waals surface area contributed by atoms with E-state index < -0.39 is 17.6 Å². The first-order valence-electron chi connectivity index (χ1n) is 31.5. The van der Waals surface area contributed by atoms with Crippen LogP contribution in [0.3, 0.4) is 0 Å². The average molecular weight is 1560 g/mol. The molecule has 0 radical (unpaired) electrons. The predicted octanol–water partition coefficient (Wildman–Crippen LogP) is 7.18. The fourth-order valence-corrected chi connectivity index (χ4v) is 10.7. The molecule has 0 atom stereocenters. The molecule has 0 saturated carbocycles. The van der Waals surface area contributed by atoms with E-state index in [1.165, 1.54) is 79.0 Å². The molecule has 0 spiro atoms. The minimum atomic E-state index is -0.976. The van der Waals surface area contributed by atoms with Crippen molar-refractivity contribution in [3.05, 3.63) is 287 Å². The number of imidazole rings is 2. The van der Waals surface area contributed by atoms with Gasteiger partial charge in [-0.3, -0.25) is 63.8 Å². The molecule has 108 heavy (non-hydrogen) atoms. The number of esters is 2. The SMILES string of the molecule is BrCc1ccc2nccnc2c1.CCOC(=O)c1cnn(Cc2ccc3nccnc3c2)c1.COC(=O)c1cn[nH]c1.NCc1ncn2ccc(Cl)c(F)c12.O.O=C(NCc1ncn2ccc(Cl)c(F)c12)c1cnn(Cc2ccc3nccnc3c2)c1.O=C(O)c1cnn(Cc2ccc3nccnc3c2)c1.[Li+].[OH-]. The summed E-state index contributed by atoms with van der Waals surface area (Å²) in [6.07, 6.45) is 31.6. The molecule has 16 aromatic rings. The van der Waals surface area contributed by atoms with Gasteiger partial charge in [-0.2, -0.15) is 20.4 Å². The Hall–Kier alpha value is -12.3. The number of H-pyrrole nitrogens is 1. The Morgan fingerprint density at radius 1 is 0.546 bits per heavy atom. The smallest absolute Gasteiger partial charge is 0.870 e. The third-order valence-corrected chi connectivity index (χ3v) is 16.3. The van der Waals surface area contributed by atoms with E-state index in [0.717, 1.165) is 66.2 Å². The first-order chi connectivity index (χ1) is 51.0. The van der Waals surface area contributed by atoms with Crippen LogP contribution in [0.4, 0.5) is 8.78 Å². The quantitative estimate of drug-likeness (QED) is 0.0448. The molecular formula is C71H62BrCl2F2LiN22O9. The summed E-state index contributed by atoms with van der Waals surface area (Å²) in [7, 11) is 1.33. The number of carboxylic acid groups (broad SMARTS) is 1. The second-order valence-electron chi connectivity index (χ2n) is 22.2. The summed E-state index contributed by atoms with van der Waals surface area (Å²) in [5.74, 6) is -3.08. The molecule has 0 aliphatic rings. The molecule has 37 heteroatoms. The van der Waals surface area contributed by atoms with Crippen molar-refractivity contribution < 1.29 is 72.4 Å². The second-order valence-corrected chi connectivity index (χ2v) is 23.5. The van der Waals surface area contributed by atoms with E-state index in [-0.39, 0.29) is 81.9 Å². The number of carbonyl (C=O) groups is 4. The maximum absolute atomic E-state index is 14.3. The van der Waals surface area contributed by atoms with Crippen LogP contribution in [-0.2, 0) is 47.5 Å². The Morgan fingerprint density at radius 2 is 0.944 bits per heavy atom. The zero-order valence-corrected chi connectivity index (χ0v) is 60.5. The van der Waals surface area contributed by atoms with Gasteiger partial charge in [0.05, 0.1) is 165 Å². The number of aromatic amines is 1. The van der Waals surface area contributed by atoms with Gasteiger partial charge in [0, 0.05) is 98.6 Å². The van der Waals surface area contributed by atoms with Crippen LogP contribution in [0, 0.1) is 11.6 Å². The molecule has 12 heterocycles. The molecule has 4 aromatic carbocycles. The predicted molar refractivity (Wildman–Crippen MR) is 393 cm³/mol. The normalized spacial score (nSPS) is 10.4. The van der Waals surface area contributed by atoms with E-state index in [9.17, 15) is 28.0 Å². The molecule has 8 N–H and O–H groups in total. The van der Waals surface area contributed by atoms with Crippen molar-refractivity contribution in [3.63, 3.8) is 0 Å². The standard InChI is InChI=1S/C21H15ClFN7O.C15H14N4O2.C13H10N4O2.C9H7BrN2.C8H7ClFN3.C5H6N2O2.Li.2H2O/c22-15-3-6-29-12-27-18(20(29)19(15)23)9-26-21(31)14-8-28-30(11-14)10-13-1-2-16-17(7-13)25-5-4-24-16;1-2-21-15(20)12-8-18-19(10-12)9-11-3-4-13-14(7-11)17-6-5-16-13;18-13(19)10-6-16-17(8-10)7-9-1-2-11-12(5-9)15-4-3-14-11;10-6-7-1-2-8-9(5-7)12-4-3-11-8;9-5-1-2-13-4-12-6(3-11)8(13)7(5)10;1-9-5(8)4-2-6-7-3-4;;;/h1-8,11-12H,9-10H2,(H,26,31);3-8,10H,2,9H2,1H3;1-6,8H,7H2,(H,18,19);1-5H,6H2;1-2,4H,3,11H2;2-3H,1H3,(H,6,7);;2*1H2/q;;;;;;+1;;/p-1. The number of alkyl halides is 1. The minimum absolute atomic E-state index is 0. The summed E-state index contributed by atoms with van der Waals surface area (Å²) in [5.41, 5.74) is 19.5. The van der Waals surface area contributed by atoms with Gasteiger partial charge in [0.15, 0.2) is 11.6 Å². The zero-order chi connectivity index (χ0) is 73.8. The van der Waals surface area contributed by atoms with Gasteiger partial charge >= 0.3 is 36.8 Å². The van der Waals surface area contributed by atoms with Crippen molar-refractivity contribution in [1.82, 2.24) is 103 Å². The van der Waals surface area contributed by atoms with E-state index in [2.05, 4.69) is 101 Å². The number of rotatable bonds is 15. The summed E-state index contributed by atoms with van der Waals surface area (Å²) in [4.78, 5) is 87.5. The van der Waals surface area contributed by atoms with Crippen LogP contribution in [0.25, 0.3) is 55.2 Å². The van der Waals surface area contributed by atoms with Gasteiger partial charge in [0.2, 0.25) is 0 Å². The van der Waals surface area contributed by atoms with Crippen LogP contribution < -0.4 is 29.9 Å². The fourth-order valence-electron chi connectivity index (χ4n) is 10.1. The molecular weight excluding hydrogens is 1500 g/mol. The van der Waals surface area contributed by atoms with E-state index in [0.29, 0.717) is 59.8 Å². The summed E-state index contributed by atoms with van der Waals surface area (Å²) in [6, 6.07) is 26.4. The zero-order valence-electron chi connectivity index (χ0n) is 57.4. The first-order valence-corrected chi connectivity index (χ1v) is 33.4. The number of amides is 1. The van der Waals surface area contributed by atoms with Gasteiger partial charge in [-0.25, -0.2) is 33.1 Å². The van der Waals surface area contributed by atoms with E-state index in [1.807, 2.05) is 72.8 Å². The number of nitrogens with one attached hydrogen (secondary N) is 2. The third-order valence-electron chi connectivity index (χ3n) is 15.1.